The van der Waals surface area contributed by atoms with Crippen molar-refractivity contribution in [1.82, 2.24) is 4.98 Å². The van der Waals surface area contributed by atoms with Gasteiger partial charge in [-0.1, -0.05) is 37.3 Å². The topological polar surface area (TPSA) is 63.7 Å². The molecule has 2 aromatic carbocycles. The summed E-state index contributed by atoms with van der Waals surface area (Å²) >= 11 is 1.48. The van der Waals surface area contributed by atoms with Gasteiger partial charge in [0.25, 0.3) is 5.91 Å². The van der Waals surface area contributed by atoms with Crippen LogP contribution in [0.15, 0.2) is 36.4 Å². The predicted octanol–water partition coefficient (Wildman–Crippen LogP) is 4.58. The Hall–Kier alpha value is -2.64. The summed E-state index contributed by atoms with van der Waals surface area (Å²) in [5.41, 5.74) is 4.26. The number of ether oxygens (including phenoxy) is 2. The Morgan fingerprint density at radius 3 is 2.80 bits per heavy atom. The van der Waals surface area contributed by atoms with Crippen LogP contribution in [0.5, 0.6) is 5.75 Å². The second kappa shape index (κ2) is 9.02. The van der Waals surface area contributed by atoms with Crippen molar-refractivity contribution in [2.75, 3.05) is 43.1 Å². The molecule has 7 heteroatoms. The molecule has 6 nitrogen and oxygen atoms in total. The Balaban J connectivity index is 1.41. The van der Waals surface area contributed by atoms with Crippen molar-refractivity contribution in [2.45, 2.75) is 26.7 Å². The van der Waals surface area contributed by atoms with E-state index in [1.54, 1.807) is 0 Å². The van der Waals surface area contributed by atoms with E-state index in [1.807, 2.05) is 19.1 Å². The highest BCUT2D eigenvalue weighted by Crippen LogP contribution is 2.30. The molecule has 1 N–H and O–H groups in total. The van der Waals surface area contributed by atoms with E-state index in [1.165, 1.54) is 11.3 Å². The summed E-state index contributed by atoms with van der Waals surface area (Å²) in [6.07, 6.45) is 0. The largest absolute Gasteiger partial charge is 0.483 e. The first kappa shape index (κ1) is 20.6. The fourth-order valence-corrected chi connectivity index (χ4v) is 4.44. The lowest BCUT2D eigenvalue weighted by molar-refractivity contribution is -0.118. The summed E-state index contributed by atoms with van der Waals surface area (Å²) in [5.74, 6) is 0.881. The van der Waals surface area contributed by atoms with E-state index in [4.69, 9.17) is 9.47 Å². The van der Waals surface area contributed by atoms with Crippen molar-refractivity contribution in [2.24, 2.45) is 0 Å². The Kier molecular flexibility index (Phi) is 6.20. The van der Waals surface area contributed by atoms with E-state index in [0.717, 1.165) is 59.1 Å². The Morgan fingerprint density at radius 1 is 1.23 bits per heavy atom. The minimum absolute atomic E-state index is 0.0435. The molecule has 1 aliphatic rings. The summed E-state index contributed by atoms with van der Waals surface area (Å²) in [7, 11) is 0. The first-order chi connectivity index (χ1) is 14.5. The van der Waals surface area contributed by atoms with Gasteiger partial charge >= 0.3 is 0 Å². The summed E-state index contributed by atoms with van der Waals surface area (Å²) in [5, 5.41) is 3.46. The number of benzene rings is 2. The van der Waals surface area contributed by atoms with Gasteiger partial charge in [0.15, 0.2) is 11.7 Å². The smallest absolute Gasteiger partial charge is 0.264 e. The number of amides is 1. The number of aryl methyl sites for hydroxylation is 1. The van der Waals surface area contributed by atoms with E-state index in [0.29, 0.717) is 11.0 Å². The van der Waals surface area contributed by atoms with Crippen molar-refractivity contribution < 1.29 is 14.3 Å². The lowest BCUT2D eigenvalue weighted by Gasteiger charge is -2.28. The van der Waals surface area contributed by atoms with Crippen molar-refractivity contribution in [1.29, 1.82) is 0 Å². The molecule has 158 valence electrons. The van der Waals surface area contributed by atoms with Crippen LogP contribution in [0.3, 0.4) is 0 Å². The molecule has 0 spiro atoms. The number of carbonyl (C=O) groups is 1. The molecule has 1 amide bonds. The average molecular weight is 426 g/mol. The number of rotatable bonds is 6. The normalized spacial score (nSPS) is 14.3. The number of thiazole rings is 1. The van der Waals surface area contributed by atoms with Crippen LogP contribution in [0.2, 0.25) is 0 Å². The molecule has 0 radical (unpaired) electrons. The molecule has 0 bridgehead atoms. The molecule has 1 saturated heterocycles. The number of nitrogens with zero attached hydrogens (tertiary/aromatic N) is 2. The maximum atomic E-state index is 12.5. The number of morpholine rings is 1. The summed E-state index contributed by atoms with van der Waals surface area (Å²) in [6.45, 7) is 9.49. The maximum absolute atomic E-state index is 12.5. The third-order valence-corrected chi connectivity index (χ3v) is 6.08. The number of aromatic nitrogens is 1. The molecule has 30 heavy (non-hydrogen) atoms. The molecule has 1 aromatic heterocycles. The molecule has 1 aliphatic heterocycles. The second-order valence-corrected chi connectivity index (χ2v) is 8.83. The van der Waals surface area contributed by atoms with Gasteiger partial charge in [-0.3, -0.25) is 10.1 Å². The molecule has 0 aliphatic carbocycles. The predicted molar refractivity (Wildman–Crippen MR) is 122 cm³/mol. The SMILES string of the molecule is Cc1ccc(C(C)C)c(OCC(=O)Nc2nc3ccc(N4CCOCC4)cc3s2)c1. The van der Waals surface area contributed by atoms with Crippen LogP contribution in [0, 0.1) is 6.92 Å². The third kappa shape index (κ3) is 4.74. The number of hydrogen-bond donors (Lipinski definition) is 1. The highest BCUT2D eigenvalue weighted by atomic mass is 32.1. The molecule has 0 atom stereocenters. The lowest BCUT2D eigenvalue weighted by atomic mass is 10.0. The molecule has 0 saturated carbocycles. The molecule has 1 fully saturated rings. The third-order valence-electron chi connectivity index (χ3n) is 5.14. The van der Waals surface area contributed by atoms with Gasteiger partial charge in [0.2, 0.25) is 0 Å². The van der Waals surface area contributed by atoms with E-state index >= 15 is 0 Å². The Bertz CT molecular complexity index is 1040. The molecule has 3 aromatic rings. The van der Waals surface area contributed by atoms with Crippen LogP contribution in [0.1, 0.15) is 30.9 Å². The van der Waals surface area contributed by atoms with Crippen LogP contribution in [0.25, 0.3) is 10.2 Å². The molecular formula is C23H27N3O3S. The first-order valence-electron chi connectivity index (χ1n) is 10.3. The lowest BCUT2D eigenvalue weighted by Crippen LogP contribution is -2.36. The van der Waals surface area contributed by atoms with Gasteiger partial charge in [0, 0.05) is 18.8 Å². The highest BCUT2D eigenvalue weighted by molar-refractivity contribution is 7.22. The van der Waals surface area contributed by atoms with Gasteiger partial charge in [-0.05, 0) is 48.2 Å². The average Bonchev–Trinajstić information content (AvgIpc) is 3.14. The zero-order valence-corrected chi connectivity index (χ0v) is 18.4. The first-order valence-corrected chi connectivity index (χ1v) is 11.1. The van der Waals surface area contributed by atoms with Crippen molar-refractivity contribution in [3.05, 3.63) is 47.5 Å². The zero-order chi connectivity index (χ0) is 21.1. The maximum Gasteiger partial charge on any atom is 0.264 e. The van der Waals surface area contributed by atoms with Crippen LogP contribution in [-0.2, 0) is 9.53 Å². The summed E-state index contributed by atoms with van der Waals surface area (Å²) in [4.78, 5) is 19.3. The van der Waals surface area contributed by atoms with E-state index in [9.17, 15) is 4.79 Å². The number of carbonyl (C=O) groups excluding carboxylic acids is 1. The van der Waals surface area contributed by atoms with Crippen LogP contribution < -0.4 is 15.0 Å². The number of anilines is 2. The van der Waals surface area contributed by atoms with Crippen molar-refractivity contribution >= 4 is 38.3 Å². The quantitative estimate of drug-likeness (QED) is 0.626. The number of fused-ring (bicyclic) bond motifs is 1. The molecule has 2 heterocycles. The molecular weight excluding hydrogens is 398 g/mol. The number of nitrogens with one attached hydrogen (secondary N) is 1. The Morgan fingerprint density at radius 2 is 2.03 bits per heavy atom. The minimum atomic E-state index is -0.210. The number of hydrogen-bond acceptors (Lipinski definition) is 6. The van der Waals surface area contributed by atoms with Gasteiger partial charge in [0.05, 0.1) is 23.4 Å². The van der Waals surface area contributed by atoms with Crippen LogP contribution in [0.4, 0.5) is 10.8 Å². The molecule has 0 unspecified atom stereocenters. The van der Waals surface area contributed by atoms with Gasteiger partial charge in [-0.15, -0.1) is 0 Å². The monoisotopic (exact) mass is 425 g/mol. The van der Waals surface area contributed by atoms with Crippen molar-refractivity contribution in [3.63, 3.8) is 0 Å². The van der Waals surface area contributed by atoms with E-state index in [-0.39, 0.29) is 12.5 Å². The second-order valence-electron chi connectivity index (χ2n) is 7.80. The van der Waals surface area contributed by atoms with Crippen molar-refractivity contribution in [3.8, 4) is 5.75 Å². The van der Waals surface area contributed by atoms with Gasteiger partial charge in [0.1, 0.15) is 5.75 Å². The fraction of sp³-hybridized carbons (Fsp3) is 0.391. The fourth-order valence-electron chi connectivity index (χ4n) is 3.53. The molecule has 4 rings (SSSR count). The summed E-state index contributed by atoms with van der Waals surface area (Å²) in [6, 6.07) is 12.3. The highest BCUT2D eigenvalue weighted by Gasteiger charge is 2.15. The standard InChI is InChI=1S/C23H27N3O3S/c1-15(2)18-6-4-16(3)12-20(18)29-14-22(27)25-23-24-19-7-5-17(13-21(19)30-23)26-8-10-28-11-9-26/h4-7,12-13,15H,8-11,14H2,1-3H3,(H,24,25,27). The summed E-state index contributed by atoms with van der Waals surface area (Å²) < 4.78 is 12.3. The van der Waals surface area contributed by atoms with Crippen LogP contribution >= 0.6 is 11.3 Å². The van der Waals surface area contributed by atoms with Gasteiger partial charge < -0.3 is 14.4 Å². The van der Waals surface area contributed by atoms with Gasteiger partial charge in [-0.25, -0.2) is 4.98 Å². The van der Waals surface area contributed by atoms with E-state index in [2.05, 4.69) is 53.3 Å². The van der Waals surface area contributed by atoms with Crippen LogP contribution in [-0.4, -0.2) is 43.8 Å². The van der Waals surface area contributed by atoms with E-state index < -0.39 is 0 Å². The minimum Gasteiger partial charge on any atom is -0.483 e. The zero-order valence-electron chi connectivity index (χ0n) is 17.6. The Labute approximate surface area is 180 Å². The van der Waals surface area contributed by atoms with Gasteiger partial charge in [-0.2, -0.15) is 0 Å².